The molecule has 5 nitrogen and oxygen atoms in total. The molecule has 1 amide bonds. The van der Waals surface area contributed by atoms with E-state index in [9.17, 15) is 9.59 Å². The first kappa shape index (κ1) is 20.1. The average Bonchev–Trinajstić information content (AvgIpc) is 3.28. The number of carbonyl (C=O) groups is 2. The van der Waals surface area contributed by atoms with Crippen molar-refractivity contribution in [3.05, 3.63) is 67.7 Å². The van der Waals surface area contributed by atoms with E-state index in [1.807, 2.05) is 37.4 Å². The summed E-state index contributed by atoms with van der Waals surface area (Å²) in [5.41, 5.74) is 3.68. The third kappa shape index (κ3) is 4.61. The van der Waals surface area contributed by atoms with Crippen molar-refractivity contribution in [1.29, 1.82) is 0 Å². The van der Waals surface area contributed by atoms with Crippen LogP contribution in [0.2, 0.25) is 0 Å². The fourth-order valence-electron chi connectivity index (χ4n) is 2.57. The molecule has 0 aliphatic heterocycles. The second-order valence-electron chi connectivity index (χ2n) is 6.40. The van der Waals surface area contributed by atoms with Crippen LogP contribution in [0.3, 0.4) is 0 Å². The number of hydrogen-bond donors (Lipinski definition) is 1. The van der Waals surface area contributed by atoms with Crippen LogP contribution < -0.4 is 10.1 Å². The number of anilines is 1. The van der Waals surface area contributed by atoms with Gasteiger partial charge in [-0.2, -0.15) is 0 Å². The Labute approximate surface area is 171 Å². The first-order chi connectivity index (χ1) is 13.4. The predicted molar refractivity (Wildman–Crippen MR) is 113 cm³/mol. The van der Waals surface area contributed by atoms with Gasteiger partial charge in [-0.3, -0.25) is 4.79 Å². The molecule has 3 aromatic rings. The molecule has 0 saturated heterocycles. The minimum Gasteiger partial charge on any atom is -0.489 e. The monoisotopic (exact) mass is 415 g/mol. The Balaban J connectivity index is 1.66. The summed E-state index contributed by atoms with van der Waals surface area (Å²) in [6, 6.07) is 9.49. The Morgan fingerprint density at radius 1 is 1.07 bits per heavy atom. The molecule has 1 N–H and O–H groups in total. The molecule has 0 aliphatic rings. The molecule has 2 aromatic heterocycles. The van der Waals surface area contributed by atoms with E-state index in [-0.39, 0.29) is 5.91 Å². The topological polar surface area (TPSA) is 64.6 Å². The van der Waals surface area contributed by atoms with Gasteiger partial charge < -0.3 is 14.8 Å². The van der Waals surface area contributed by atoms with Crippen molar-refractivity contribution in [1.82, 2.24) is 0 Å². The number of aryl methyl sites for hydroxylation is 3. The van der Waals surface area contributed by atoms with Gasteiger partial charge in [-0.15, -0.1) is 22.7 Å². The second kappa shape index (κ2) is 8.58. The first-order valence-electron chi connectivity index (χ1n) is 8.65. The summed E-state index contributed by atoms with van der Waals surface area (Å²) >= 11 is 2.69. The lowest BCUT2D eigenvalue weighted by Gasteiger charge is -2.07. The number of methoxy groups -OCH3 is 1. The minimum absolute atomic E-state index is 0.255. The van der Waals surface area contributed by atoms with Gasteiger partial charge in [-0.1, -0.05) is 6.07 Å². The Morgan fingerprint density at radius 3 is 2.57 bits per heavy atom. The Bertz CT molecular complexity index is 1020. The van der Waals surface area contributed by atoms with E-state index in [1.54, 1.807) is 12.1 Å². The summed E-state index contributed by atoms with van der Waals surface area (Å²) in [5.74, 6) is 0.0832. The summed E-state index contributed by atoms with van der Waals surface area (Å²) in [6.45, 7) is 6.37. The van der Waals surface area contributed by atoms with Crippen molar-refractivity contribution in [3.8, 4) is 5.75 Å². The smallest absolute Gasteiger partial charge is 0.340 e. The van der Waals surface area contributed by atoms with Crippen LogP contribution in [-0.4, -0.2) is 19.0 Å². The van der Waals surface area contributed by atoms with Gasteiger partial charge in [-0.05, 0) is 61.5 Å². The molecule has 146 valence electrons. The van der Waals surface area contributed by atoms with E-state index in [4.69, 9.17) is 9.47 Å². The number of rotatable bonds is 6. The number of benzene rings is 1. The number of thiophene rings is 2. The molecule has 28 heavy (non-hydrogen) atoms. The lowest BCUT2D eigenvalue weighted by Crippen LogP contribution is -2.12. The zero-order valence-electron chi connectivity index (χ0n) is 16.1. The van der Waals surface area contributed by atoms with Crippen molar-refractivity contribution >= 4 is 39.6 Å². The third-order valence-electron chi connectivity index (χ3n) is 4.25. The second-order valence-corrected chi connectivity index (χ2v) is 8.57. The summed E-state index contributed by atoms with van der Waals surface area (Å²) in [5, 5.41) is 5.21. The van der Waals surface area contributed by atoms with Crippen LogP contribution in [0.4, 0.5) is 5.00 Å². The van der Waals surface area contributed by atoms with Crippen LogP contribution in [0, 0.1) is 20.8 Å². The molecule has 0 bridgehead atoms. The lowest BCUT2D eigenvalue weighted by atomic mass is 10.1. The average molecular weight is 416 g/mol. The zero-order valence-corrected chi connectivity index (χ0v) is 17.8. The van der Waals surface area contributed by atoms with Crippen LogP contribution in [0.1, 0.15) is 41.6 Å². The van der Waals surface area contributed by atoms with Gasteiger partial charge in [0.2, 0.25) is 0 Å². The number of esters is 1. The quantitative estimate of drug-likeness (QED) is 0.551. The summed E-state index contributed by atoms with van der Waals surface area (Å²) in [6.07, 6.45) is 0. The van der Waals surface area contributed by atoms with Crippen molar-refractivity contribution in [3.63, 3.8) is 0 Å². The van der Waals surface area contributed by atoms with Gasteiger partial charge in [-0.25, -0.2) is 4.79 Å². The van der Waals surface area contributed by atoms with Crippen molar-refractivity contribution in [2.24, 2.45) is 0 Å². The Hall–Kier alpha value is -2.64. The number of nitrogens with one attached hydrogen (secondary N) is 1. The maximum Gasteiger partial charge on any atom is 0.340 e. The zero-order chi connectivity index (χ0) is 20.3. The molecule has 0 aliphatic carbocycles. The SMILES string of the molecule is COC(=O)c1cc(C)sc1NC(=O)c1cc(COc2ccc(C)c(C)c2)cs1. The van der Waals surface area contributed by atoms with Gasteiger partial charge >= 0.3 is 5.97 Å². The molecule has 7 heteroatoms. The van der Waals surface area contributed by atoms with Gasteiger partial charge in [0, 0.05) is 10.4 Å². The highest BCUT2D eigenvalue weighted by Gasteiger charge is 2.19. The molecule has 1 aromatic carbocycles. The van der Waals surface area contributed by atoms with E-state index in [0.717, 1.165) is 16.2 Å². The largest absolute Gasteiger partial charge is 0.489 e. The molecular formula is C21H21NO4S2. The van der Waals surface area contributed by atoms with Crippen LogP contribution >= 0.6 is 22.7 Å². The predicted octanol–water partition coefficient (Wildman–Crippen LogP) is 5.35. The van der Waals surface area contributed by atoms with Crippen LogP contribution in [0.15, 0.2) is 35.7 Å². The molecule has 0 unspecified atom stereocenters. The minimum atomic E-state index is -0.465. The molecule has 0 spiro atoms. The summed E-state index contributed by atoms with van der Waals surface area (Å²) in [4.78, 5) is 25.9. The fraction of sp³-hybridized carbons (Fsp3) is 0.238. The molecule has 2 heterocycles. The normalized spacial score (nSPS) is 10.6. The van der Waals surface area contributed by atoms with E-state index in [1.165, 1.54) is 40.9 Å². The van der Waals surface area contributed by atoms with E-state index >= 15 is 0 Å². The Morgan fingerprint density at radius 2 is 1.86 bits per heavy atom. The highest BCUT2D eigenvalue weighted by Crippen LogP contribution is 2.29. The highest BCUT2D eigenvalue weighted by atomic mass is 32.1. The van der Waals surface area contributed by atoms with E-state index in [2.05, 4.69) is 12.2 Å². The molecule has 3 rings (SSSR count). The van der Waals surface area contributed by atoms with Crippen LogP contribution in [0.5, 0.6) is 5.75 Å². The number of ether oxygens (including phenoxy) is 2. The molecule has 0 radical (unpaired) electrons. The van der Waals surface area contributed by atoms with Gasteiger partial charge in [0.25, 0.3) is 5.91 Å². The van der Waals surface area contributed by atoms with E-state index < -0.39 is 5.97 Å². The fourth-order valence-corrected chi connectivity index (χ4v) is 4.26. The molecule has 0 fully saturated rings. The first-order valence-corrected chi connectivity index (χ1v) is 10.3. The number of carbonyl (C=O) groups excluding carboxylic acids is 2. The van der Waals surface area contributed by atoms with E-state index in [0.29, 0.717) is 22.0 Å². The van der Waals surface area contributed by atoms with Crippen molar-refractivity contribution in [2.45, 2.75) is 27.4 Å². The van der Waals surface area contributed by atoms with Crippen LogP contribution in [-0.2, 0) is 11.3 Å². The summed E-state index contributed by atoms with van der Waals surface area (Å²) < 4.78 is 10.6. The number of amides is 1. The maximum absolute atomic E-state index is 12.6. The Kier molecular flexibility index (Phi) is 6.16. The van der Waals surface area contributed by atoms with Crippen LogP contribution in [0.25, 0.3) is 0 Å². The molecular weight excluding hydrogens is 394 g/mol. The molecule has 0 saturated carbocycles. The summed E-state index contributed by atoms with van der Waals surface area (Å²) in [7, 11) is 1.32. The van der Waals surface area contributed by atoms with Gasteiger partial charge in [0.1, 0.15) is 17.4 Å². The maximum atomic E-state index is 12.6. The standard InChI is InChI=1S/C21H21NO4S2/c1-12-5-6-16(7-13(12)2)26-10-15-9-18(27-11-15)19(23)22-20-17(21(24)25-4)8-14(3)28-20/h5-9,11H,10H2,1-4H3,(H,22,23). The lowest BCUT2D eigenvalue weighted by molar-refractivity contribution is 0.0602. The number of hydrogen-bond acceptors (Lipinski definition) is 6. The molecule has 0 atom stereocenters. The van der Waals surface area contributed by atoms with Crippen molar-refractivity contribution < 1.29 is 19.1 Å². The highest BCUT2D eigenvalue weighted by molar-refractivity contribution is 7.17. The van der Waals surface area contributed by atoms with Crippen molar-refractivity contribution in [2.75, 3.05) is 12.4 Å². The van der Waals surface area contributed by atoms with Gasteiger partial charge in [0.15, 0.2) is 0 Å². The third-order valence-corrected chi connectivity index (χ3v) is 6.19. The van der Waals surface area contributed by atoms with Gasteiger partial charge in [0.05, 0.1) is 17.6 Å².